The van der Waals surface area contributed by atoms with E-state index in [1.54, 1.807) is 35.3 Å². The van der Waals surface area contributed by atoms with Crippen LogP contribution in [-0.4, -0.2) is 21.7 Å². The Morgan fingerprint density at radius 2 is 2.08 bits per heavy atom. The molecule has 3 rings (SSSR count). The van der Waals surface area contributed by atoms with Gasteiger partial charge in [-0.25, -0.2) is 4.68 Å². The molecule has 124 valence electrons. The zero-order chi connectivity index (χ0) is 17.1. The van der Waals surface area contributed by atoms with E-state index in [4.69, 9.17) is 23.2 Å². The summed E-state index contributed by atoms with van der Waals surface area (Å²) in [5.74, 6) is -0.157. The molecule has 1 unspecified atom stereocenters. The molecule has 0 radical (unpaired) electrons. The van der Waals surface area contributed by atoms with Crippen LogP contribution in [0.2, 0.25) is 5.02 Å². The predicted octanol–water partition coefficient (Wildman–Crippen LogP) is 3.05. The minimum atomic E-state index is -0.523. The van der Waals surface area contributed by atoms with Crippen LogP contribution in [0.3, 0.4) is 0 Å². The maximum atomic E-state index is 12.3. The Labute approximate surface area is 149 Å². The molecule has 7 heteroatoms. The number of amides is 1. The van der Waals surface area contributed by atoms with Gasteiger partial charge in [0.1, 0.15) is 6.04 Å². The fourth-order valence-electron chi connectivity index (χ4n) is 2.29. The van der Waals surface area contributed by atoms with Crippen LogP contribution in [0.5, 0.6) is 0 Å². The highest BCUT2D eigenvalue weighted by Gasteiger charge is 2.21. The van der Waals surface area contributed by atoms with Gasteiger partial charge in [0.15, 0.2) is 0 Å². The quantitative estimate of drug-likeness (QED) is 0.878. The molecular formula is C17H16Cl2N4O. The minimum Gasteiger partial charge on any atom is -0.375 e. The molecule has 0 spiro atoms. The van der Waals surface area contributed by atoms with Gasteiger partial charge < -0.3 is 10.6 Å². The first-order valence-corrected chi connectivity index (χ1v) is 8.16. The van der Waals surface area contributed by atoms with Gasteiger partial charge in [-0.1, -0.05) is 35.3 Å². The molecule has 0 fully saturated rings. The van der Waals surface area contributed by atoms with Crippen LogP contribution < -0.4 is 10.6 Å². The first-order chi connectivity index (χ1) is 11.5. The van der Waals surface area contributed by atoms with Crippen LogP contribution >= 0.6 is 23.2 Å². The summed E-state index contributed by atoms with van der Waals surface area (Å²) in [6.07, 6.45) is 6.98. The van der Waals surface area contributed by atoms with E-state index in [9.17, 15) is 4.79 Å². The lowest BCUT2D eigenvalue weighted by Gasteiger charge is -2.20. The summed E-state index contributed by atoms with van der Waals surface area (Å²) >= 11 is 12.1. The second-order valence-electron chi connectivity index (χ2n) is 5.50. The number of carbonyl (C=O) groups is 1. The molecule has 2 heterocycles. The molecule has 2 aromatic rings. The van der Waals surface area contributed by atoms with E-state index >= 15 is 0 Å². The summed E-state index contributed by atoms with van der Waals surface area (Å²) in [6.45, 7) is 2.37. The Morgan fingerprint density at radius 3 is 2.71 bits per heavy atom. The Morgan fingerprint density at radius 1 is 1.33 bits per heavy atom. The van der Waals surface area contributed by atoms with E-state index in [2.05, 4.69) is 15.7 Å². The number of hydrogen-bond acceptors (Lipinski definition) is 3. The standard InChI is InChI=1S/C17H16Cl2N4O/c1-11-7-22-23(10-11)16-9-20-15(6-14(16)19)17(24)21-8-12-2-4-13(18)5-3-12/h2-7,9-10,15,20H,8H2,1H3,(H,21,24). The largest absolute Gasteiger partial charge is 0.375 e. The maximum absolute atomic E-state index is 12.3. The van der Waals surface area contributed by atoms with Crippen molar-refractivity contribution >= 4 is 34.8 Å². The number of benzene rings is 1. The molecule has 1 aromatic carbocycles. The van der Waals surface area contributed by atoms with Crippen molar-refractivity contribution in [1.82, 2.24) is 20.4 Å². The third-order valence-corrected chi connectivity index (χ3v) is 4.15. The molecule has 1 amide bonds. The van der Waals surface area contributed by atoms with E-state index in [1.165, 1.54) is 0 Å². The van der Waals surface area contributed by atoms with E-state index in [1.807, 2.05) is 25.3 Å². The van der Waals surface area contributed by atoms with Crippen molar-refractivity contribution in [2.24, 2.45) is 0 Å². The summed E-state index contributed by atoms with van der Waals surface area (Å²) in [5, 5.41) is 11.3. The third kappa shape index (κ3) is 3.80. The first-order valence-electron chi connectivity index (χ1n) is 7.40. The van der Waals surface area contributed by atoms with Gasteiger partial charge in [-0.3, -0.25) is 4.79 Å². The number of rotatable bonds is 4. The lowest BCUT2D eigenvalue weighted by molar-refractivity contribution is -0.122. The van der Waals surface area contributed by atoms with Gasteiger partial charge in [0.05, 0.1) is 16.9 Å². The van der Waals surface area contributed by atoms with Crippen LogP contribution in [0.25, 0.3) is 5.70 Å². The number of aryl methyl sites for hydroxylation is 1. The molecular weight excluding hydrogens is 347 g/mol. The molecule has 0 saturated carbocycles. The van der Waals surface area contributed by atoms with Crippen molar-refractivity contribution in [3.8, 4) is 0 Å². The van der Waals surface area contributed by atoms with Gasteiger partial charge in [-0.15, -0.1) is 0 Å². The molecule has 0 bridgehead atoms. The number of carbonyl (C=O) groups excluding carboxylic acids is 1. The molecule has 1 aliphatic rings. The van der Waals surface area contributed by atoms with Gasteiger partial charge in [-0.05, 0) is 36.3 Å². The molecule has 0 aliphatic carbocycles. The topological polar surface area (TPSA) is 59.0 Å². The Hall–Kier alpha value is -2.24. The smallest absolute Gasteiger partial charge is 0.246 e. The fourth-order valence-corrected chi connectivity index (χ4v) is 2.68. The SMILES string of the molecule is Cc1cnn(C2=CNC(C(=O)NCc3ccc(Cl)cc3)C=C2Cl)c1. The first kappa shape index (κ1) is 16.6. The Balaban J connectivity index is 1.61. The molecule has 1 atom stereocenters. The minimum absolute atomic E-state index is 0.157. The van der Waals surface area contributed by atoms with Gasteiger partial charge >= 0.3 is 0 Å². The summed E-state index contributed by atoms with van der Waals surface area (Å²) in [7, 11) is 0. The van der Waals surface area contributed by atoms with Crippen molar-refractivity contribution in [1.29, 1.82) is 0 Å². The zero-order valence-electron chi connectivity index (χ0n) is 13.0. The highest BCUT2D eigenvalue weighted by molar-refractivity contribution is 6.36. The van der Waals surface area contributed by atoms with Crippen molar-refractivity contribution in [3.63, 3.8) is 0 Å². The molecule has 1 aliphatic heterocycles. The monoisotopic (exact) mass is 362 g/mol. The Bertz CT molecular complexity index is 808. The summed E-state index contributed by atoms with van der Waals surface area (Å²) in [5.41, 5.74) is 2.71. The highest BCUT2D eigenvalue weighted by Crippen LogP contribution is 2.23. The number of nitrogens with zero attached hydrogens (tertiary/aromatic N) is 2. The van der Waals surface area contributed by atoms with Crippen LogP contribution in [0.4, 0.5) is 0 Å². The van der Waals surface area contributed by atoms with E-state index in [0.717, 1.165) is 11.1 Å². The van der Waals surface area contributed by atoms with Crippen molar-refractivity contribution in [2.75, 3.05) is 0 Å². The van der Waals surface area contributed by atoms with Gasteiger partial charge in [0, 0.05) is 24.0 Å². The Kier molecular flexibility index (Phi) is 4.92. The van der Waals surface area contributed by atoms with E-state index in [0.29, 0.717) is 22.3 Å². The number of nitrogens with one attached hydrogen (secondary N) is 2. The van der Waals surface area contributed by atoms with Crippen LogP contribution in [0.15, 0.2) is 54.0 Å². The zero-order valence-corrected chi connectivity index (χ0v) is 14.5. The second kappa shape index (κ2) is 7.11. The van der Waals surface area contributed by atoms with E-state index in [-0.39, 0.29) is 5.91 Å². The summed E-state index contributed by atoms with van der Waals surface area (Å²) < 4.78 is 1.67. The predicted molar refractivity (Wildman–Crippen MR) is 95.4 cm³/mol. The molecule has 5 nitrogen and oxygen atoms in total. The van der Waals surface area contributed by atoms with Gasteiger partial charge in [0.25, 0.3) is 0 Å². The molecule has 24 heavy (non-hydrogen) atoms. The third-order valence-electron chi connectivity index (χ3n) is 3.58. The lowest BCUT2D eigenvalue weighted by Crippen LogP contribution is -2.42. The highest BCUT2D eigenvalue weighted by atomic mass is 35.5. The van der Waals surface area contributed by atoms with Crippen LogP contribution in [0, 0.1) is 6.92 Å². The normalized spacial score (nSPS) is 16.9. The van der Waals surface area contributed by atoms with Gasteiger partial charge in [-0.2, -0.15) is 5.10 Å². The summed E-state index contributed by atoms with van der Waals surface area (Å²) in [4.78, 5) is 12.3. The second-order valence-corrected chi connectivity index (χ2v) is 6.34. The average molecular weight is 363 g/mol. The lowest BCUT2D eigenvalue weighted by atomic mass is 10.1. The fraction of sp³-hybridized carbons (Fsp3) is 0.176. The molecule has 2 N–H and O–H groups in total. The van der Waals surface area contributed by atoms with Gasteiger partial charge in [0.2, 0.25) is 5.91 Å². The van der Waals surface area contributed by atoms with Crippen molar-refractivity contribution in [3.05, 3.63) is 70.1 Å². The maximum Gasteiger partial charge on any atom is 0.246 e. The number of aromatic nitrogens is 2. The average Bonchev–Trinajstić information content (AvgIpc) is 3.00. The number of dihydropyridines is 1. The van der Waals surface area contributed by atoms with Crippen LogP contribution in [-0.2, 0) is 11.3 Å². The summed E-state index contributed by atoms with van der Waals surface area (Å²) in [6, 6.07) is 6.81. The van der Waals surface area contributed by atoms with Crippen LogP contribution in [0.1, 0.15) is 11.1 Å². The number of hydrogen-bond donors (Lipinski definition) is 2. The number of allylic oxidation sites excluding steroid dienone is 2. The number of halogens is 2. The molecule has 1 aromatic heterocycles. The molecule has 0 saturated heterocycles. The van der Waals surface area contributed by atoms with Crippen molar-refractivity contribution < 1.29 is 4.79 Å². The van der Waals surface area contributed by atoms with Crippen molar-refractivity contribution in [2.45, 2.75) is 19.5 Å². The van der Waals surface area contributed by atoms with E-state index < -0.39 is 6.04 Å².